The van der Waals surface area contributed by atoms with Crippen molar-refractivity contribution in [2.75, 3.05) is 0 Å². The van der Waals surface area contributed by atoms with E-state index in [1.807, 2.05) is 0 Å². The van der Waals surface area contributed by atoms with Crippen LogP contribution in [-0.4, -0.2) is 29.6 Å². The van der Waals surface area contributed by atoms with E-state index in [0.29, 0.717) is 0 Å². The number of carbonyl (C=O) groups excluding carboxylic acids is 2. The Morgan fingerprint density at radius 3 is 2.75 bits per heavy atom. The molecule has 5 unspecified atom stereocenters. The van der Waals surface area contributed by atoms with Crippen molar-refractivity contribution in [1.29, 1.82) is 0 Å². The second kappa shape index (κ2) is 1.42. The summed E-state index contributed by atoms with van der Waals surface area (Å²) in [5, 5.41) is 10.3. The quantitative estimate of drug-likeness (QED) is 0.429. The minimum Gasteiger partial charge on any atom is -0.547 e. The Morgan fingerprint density at radius 2 is 2.33 bits per heavy atom. The highest BCUT2D eigenvalue weighted by Crippen LogP contribution is 2.67. The number of epoxide rings is 1. The molecular weight excluding hydrogens is 167 g/mol. The molecule has 2 aliphatic carbocycles. The van der Waals surface area contributed by atoms with Gasteiger partial charge < -0.3 is 14.6 Å². The van der Waals surface area contributed by atoms with Crippen LogP contribution in [0.3, 0.4) is 0 Å². The number of Topliss-reactive ketones (excluding diaryl/α,β-unsaturated/α-hetero) is 1. The molecular formula is C7H4FO4-. The Bertz CT molecular complexity index is 315. The average Bonchev–Trinajstić information content (AvgIpc) is 2.80. The minimum absolute atomic E-state index is 0.406. The van der Waals surface area contributed by atoms with Gasteiger partial charge in [0, 0.05) is 5.92 Å². The van der Waals surface area contributed by atoms with Gasteiger partial charge in [0.25, 0.3) is 0 Å². The molecule has 0 N–H and O–H groups in total. The van der Waals surface area contributed by atoms with E-state index in [9.17, 15) is 19.1 Å². The summed E-state index contributed by atoms with van der Waals surface area (Å²) in [4.78, 5) is 21.4. The van der Waals surface area contributed by atoms with Gasteiger partial charge >= 0.3 is 0 Å². The summed E-state index contributed by atoms with van der Waals surface area (Å²) in [5.41, 5.74) is -2.42. The largest absolute Gasteiger partial charge is 0.547 e. The third-order valence-electron chi connectivity index (χ3n) is 2.97. The molecule has 2 saturated carbocycles. The molecule has 1 aliphatic heterocycles. The molecule has 0 radical (unpaired) electrons. The number of carboxylic acids is 1. The molecule has 64 valence electrons. The van der Waals surface area contributed by atoms with Crippen LogP contribution < -0.4 is 5.11 Å². The van der Waals surface area contributed by atoms with Crippen LogP contribution in [0.25, 0.3) is 0 Å². The van der Waals surface area contributed by atoms with E-state index in [-0.39, 0.29) is 0 Å². The first-order valence-electron chi connectivity index (χ1n) is 3.68. The summed E-state index contributed by atoms with van der Waals surface area (Å²) < 4.78 is 18.1. The lowest BCUT2D eigenvalue weighted by atomic mass is 10.1. The molecule has 0 aromatic carbocycles. The molecule has 0 aromatic rings. The molecule has 5 atom stereocenters. The lowest BCUT2D eigenvalue weighted by molar-refractivity contribution is -0.315. The number of ether oxygens (including phenoxy) is 1. The topological polar surface area (TPSA) is 69.7 Å². The van der Waals surface area contributed by atoms with Crippen molar-refractivity contribution in [3.8, 4) is 0 Å². The van der Waals surface area contributed by atoms with Crippen molar-refractivity contribution < 1.29 is 23.8 Å². The number of hydrogen-bond acceptors (Lipinski definition) is 4. The van der Waals surface area contributed by atoms with E-state index in [0.717, 1.165) is 0 Å². The van der Waals surface area contributed by atoms with Crippen molar-refractivity contribution >= 4 is 11.8 Å². The average molecular weight is 171 g/mol. The predicted molar refractivity (Wildman–Crippen MR) is 29.5 cm³/mol. The standard InChI is InChI=1S/C7H5FO4/c8-7(6(10)11)1-2(7)4-5(12-4)3(1)9/h1-2,4-5H,(H,10,11)/p-1. The van der Waals surface area contributed by atoms with E-state index in [1.54, 1.807) is 0 Å². The normalized spacial score (nSPS) is 59.2. The smallest absolute Gasteiger partial charge is 0.171 e. The Kier molecular flexibility index (Phi) is 0.771. The van der Waals surface area contributed by atoms with Crippen LogP contribution in [0, 0.1) is 11.8 Å². The molecule has 3 fully saturated rings. The minimum atomic E-state index is -2.42. The molecule has 12 heavy (non-hydrogen) atoms. The fourth-order valence-electron chi connectivity index (χ4n) is 2.26. The van der Waals surface area contributed by atoms with E-state index < -0.39 is 41.5 Å². The molecule has 4 nitrogen and oxygen atoms in total. The number of ketones is 1. The van der Waals surface area contributed by atoms with Gasteiger partial charge in [0.05, 0.1) is 18.0 Å². The van der Waals surface area contributed by atoms with Crippen LogP contribution in [0.4, 0.5) is 4.39 Å². The van der Waals surface area contributed by atoms with Crippen LogP contribution in [-0.2, 0) is 14.3 Å². The maximum atomic E-state index is 13.3. The summed E-state index contributed by atoms with van der Waals surface area (Å²) in [6.07, 6.45) is -0.992. The number of alkyl halides is 1. The second-order valence-electron chi connectivity index (χ2n) is 3.48. The van der Waals surface area contributed by atoms with E-state index in [4.69, 9.17) is 4.74 Å². The molecule has 0 spiro atoms. The third kappa shape index (κ3) is 0.425. The maximum Gasteiger partial charge on any atom is 0.171 e. The van der Waals surface area contributed by atoms with Gasteiger partial charge in [-0.25, -0.2) is 4.39 Å². The van der Waals surface area contributed by atoms with Gasteiger partial charge in [-0.2, -0.15) is 0 Å². The zero-order valence-corrected chi connectivity index (χ0v) is 5.82. The Hall–Kier alpha value is -0.970. The molecule has 0 bridgehead atoms. The predicted octanol–water partition coefficient (Wildman–Crippen LogP) is -1.96. The highest BCUT2D eigenvalue weighted by molar-refractivity contribution is 6.03. The number of aliphatic carboxylic acids is 1. The zero-order valence-electron chi connectivity index (χ0n) is 5.82. The third-order valence-corrected chi connectivity index (χ3v) is 2.97. The van der Waals surface area contributed by atoms with Crippen LogP contribution in [0.1, 0.15) is 0 Å². The van der Waals surface area contributed by atoms with Crippen molar-refractivity contribution in [3.63, 3.8) is 0 Å². The number of hydrogen-bond donors (Lipinski definition) is 0. The number of fused-ring (bicyclic) bond motifs is 3. The summed E-state index contributed by atoms with van der Waals surface area (Å²) >= 11 is 0. The van der Waals surface area contributed by atoms with Gasteiger partial charge in [-0.3, -0.25) is 4.79 Å². The number of rotatable bonds is 1. The molecule has 1 saturated heterocycles. The summed E-state index contributed by atoms with van der Waals surface area (Å²) in [7, 11) is 0. The first kappa shape index (κ1) is 6.54. The highest BCUT2D eigenvalue weighted by atomic mass is 19.1. The van der Waals surface area contributed by atoms with Crippen LogP contribution in [0.15, 0.2) is 0 Å². The van der Waals surface area contributed by atoms with Gasteiger partial charge in [-0.1, -0.05) is 0 Å². The number of carbonyl (C=O) groups is 2. The first-order chi connectivity index (χ1) is 5.58. The Balaban J connectivity index is 1.98. The lowest BCUT2D eigenvalue weighted by Gasteiger charge is -2.08. The van der Waals surface area contributed by atoms with E-state index >= 15 is 0 Å². The van der Waals surface area contributed by atoms with Crippen LogP contribution in [0.5, 0.6) is 0 Å². The SMILES string of the molecule is O=C1C2OC2C2C1C2(F)C(=O)[O-]. The summed E-state index contributed by atoms with van der Waals surface area (Å²) in [5.74, 6) is -3.93. The number of carboxylic acid groups (broad SMARTS) is 1. The summed E-state index contributed by atoms with van der Waals surface area (Å²) in [6.45, 7) is 0. The fraction of sp³-hybridized carbons (Fsp3) is 0.714. The molecule has 3 rings (SSSR count). The monoisotopic (exact) mass is 171 g/mol. The molecule has 0 aromatic heterocycles. The van der Waals surface area contributed by atoms with Crippen molar-refractivity contribution in [2.24, 2.45) is 11.8 Å². The first-order valence-corrected chi connectivity index (χ1v) is 3.68. The molecule has 3 aliphatic rings. The van der Waals surface area contributed by atoms with Crippen LogP contribution in [0.2, 0.25) is 0 Å². The zero-order chi connectivity index (χ0) is 8.67. The fourth-order valence-corrected chi connectivity index (χ4v) is 2.26. The summed E-state index contributed by atoms with van der Waals surface area (Å²) in [6, 6.07) is 0. The molecule has 0 amide bonds. The van der Waals surface area contributed by atoms with Gasteiger partial charge in [-0.15, -0.1) is 0 Å². The maximum absolute atomic E-state index is 13.3. The van der Waals surface area contributed by atoms with Gasteiger partial charge in [0.1, 0.15) is 6.10 Å². The van der Waals surface area contributed by atoms with E-state index in [1.165, 1.54) is 0 Å². The number of halogens is 1. The van der Waals surface area contributed by atoms with Crippen molar-refractivity contribution in [2.45, 2.75) is 17.9 Å². The van der Waals surface area contributed by atoms with Gasteiger partial charge in [0.15, 0.2) is 11.5 Å². The lowest BCUT2D eigenvalue weighted by Crippen LogP contribution is -2.40. The van der Waals surface area contributed by atoms with Gasteiger partial charge in [0.2, 0.25) is 0 Å². The molecule has 5 heteroatoms. The van der Waals surface area contributed by atoms with Crippen LogP contribution >= 0.6 is 0 Å². The Labute approximate surface area is 66.3 Å². The molecule has 1 heterocycles. The van der Waals surface area contributed by atoms with Crippen molar-refractivity contribution in [3.05, 3.63) is 0 Å². The van der Waals surface area contributed by atoms with Gasteiger partial charge in [-0.05, 0) is 0 Å². The van der Waals surface area contributed by atoms with Crippen molar-refractivity contribution in [1.82, 2.24) is 0 Å². The second-order valence-corrected chi connectivity index (χ2v) is 3.48. The van der Waals surface area contributed by atoms with E-state index in [2.05, 4.69) is 0 Å². The Morgan fingerprint density at radius 1 is 1.67 bits per heavy atom. The highest BCUT2D eigenvalue weighted by Gasteiger charge is 2.85.